The van der Waals surface area contributed by atoms with Crippen LogP contribution >= 0.6 is 11.6 Å². The Morgan fingerprint density at radius 1 is 1.53 bits per heavy atom. The zero-order valence-electron chi connectivity index (χ0n) is 11.0. The summed E-state index contributed by atoms with van der Waals surface area (Å²) in [6.07, 6.45) is 1.72. The number of aryl methyl sites for hydroxylation is 1. The molecule has 1 aromatic carbocycles. The van der Waals surface area contributed by atoms with Crippen LogP contribution in [0.1, 0.15) is 6.92 Å². The average Bonchev–Trinajstić information content (AvgIpc) is 2.68. The summed E-state index contributed by atoms with van der Waals surface area (Å²) in [7, 11) is 1.80. The van der Waals surface area contributed by atoms with Crippen molar-refractivity contribution in [2.75, 3.05) is 12.3 Å². The zero-order chi connectivity index (χ0) is 14.0. The standard InChI is InChI=1S/C14H16ClN3O/c1-9(2)8-19-13-5-4-10(6-12(13)15)11-7-17-18(3)14(11)16/h4-7H,1,8,16H2,2-3H3. The average molecular weight is 278 g/mol. The third-order valence-electron chi connectivity index (χ3n) is 2.70. The number of halogens is 1. The maximum atomic E-state index is 6.20. The van der Waals surface area contributed by atoms with E-state index in [-0.39, 0.29) is 0 Å². The maximum absolute atomic E-state index is 6.20. The van der Waals surface area contributed by atoms with E-state index in [1.54, 1.807) is 17.9 Å². The van der Waals surface area contributed by atoms with E-state index in [0.717, 1.165) is 16.7 Å². The van der Waals surface area contributed by atoms with E-state index in [2.05, 4.69) is 11.7 Å². The summed E-state index contributed by atoms with van der Waals surface area (Å²) in [6.45, 7) is 6.14. The number of aromatic nitrogens is 2. The van der Waals surface area contributed by atoms with Crippen molar-refractivity contribution in [2.24, 2.45) is 7.05 Å². The van der Waals surface area contributed by atoms with Crippen molar-refractivity contribution in [3.63, 3.8) is 0 Å². The maximum Gasteiger partial charge on any atom is 0.138 e. The van der Waals surface area contributed by atoms with E-state index in [0.29, 0.717) is 23.2 Å². The minimum absolute atomic E-state index is 0.452. The predicted molar refractivity (Wildman–Crippen MR) is 78.4 cm³/mol. The highest BCUT2D eigenvalue weighted by Crippen LogP contribution is 2.32. The highest BCUT2D eigenvalue weighted by Gasteiger charge is 2.10. The Balaban J connectivity index is 2.28. The first-order valence-corrected chi connectivity index (χ1v) is 6.21. The van der Waals surface area contributed by atoms with Crippen molar-refractivity contribution in [2.45, 2.75) is 6.92 Å². The smallest absolute Gasteiger partial charge is 0.138 e. The lowest BCUT2D eigenvalue weighted by molar-refractivity contribution is 0.353. The summed E-state index contributed by atoms with van der Waals surface area (Å²) in [4.78, 5) is 0. The largest absolute Gasteiger partial charge is 0.488 e. The number of nitrogens with two attached hydrogens (primary N) is 1. The second-order valence-electron chi connectivity index (χ2n) is 4.46. The van der Waals surface area contributed by atoms with Crippen molar-refractivity contribution >= 4 is 17.4 Å². The number of nitrogens with zero attached hydrogens (tertiary/aromatic N) is 2. The number of anilines is 1. The Morgan fingerprint density at radius 2 is 2.26 bits per heavy atom. The van der Waals surface area contributed by atoms with Crippen LogP contribution in [0.3, 0.4) is 0 Å². The van der Waals surface area contributed by atoms with Crippen LogP contribution in [0.15, 0.2) is 36.5 Å². The topological polar surface area (TPSA) is 53.1 Å². The molecule has 0 spiro atoms. The summed E-state index contributed by atoms with van der Waals surface area (Å²) in [5, 5.41) is 4.65. The molecule has 0 aliphatic heterocycles. The highest BCUT2D eigenvalue weighted by molar-refractivity contribution is 6.32. The first kappa shape index (κ1) is 13.5. The summed E-state index contributed by atoms with van der Waals surface area (Å²) >= 11 is 6.20. The van der Waals surface area contributed by atoms with Gasteiger partial charge in [0.2, 0.25) is 0 Å². The molecule has 0 amide bonds. The molecule has 0 unspecified atom stereocenters. The molecule has 19 heavy (non-hydrogen) atoms. The van der Waals surface area contributed by atoms with Crippen molar-refractivity contribution in [1.29, 1.82) is 0 Å². The van der Waals surface area contributed by atoms with E-state index in [4.69, 9.17) is 22.1 Å². The highest BCUT2D eigenvalue weighted by atomic mass is 35.5. The molecule has 0 atom stereocenters. The fraction of sp³-hybridized carbons (Fsp3) is 0.214. The first-order valence-electron chi connectivity index (χ1n) is 5.83. The van der Waals surface area contributed by atoms with E-state index in [9.17, 15) is 0 Å². The lowest BCUT2D eigenvalue weighted by Gasteiger charge is -2.09. The van der Waals surface area contributed by atoms with Gasteiger partial charge in [0.05, 0.1) is 11.2 Å². The number of hydrogen-bond donors (Lipinski definition) is 1. The Kier molecular flexibility index (Phi) is 3.81. The van der Waals surface area contributed by atoms with Crippen LogP contribution in [0.5, 0.6) is 5.75 Å². The van der Waals surface area contributed by atoms with E-state index in [1.165, 1.54) is 0 Å². The van der Waals surface area contributed by atoms with Gasteiger partial charge in [-0.25, -0.2) is 0 Å². The molecular formula is C14H16ClN3O. The monoisotopic (exact) mass is 277 g/mol. The van der Waals surface area contributed by atoms with Crippen LogP contribution < -0.4 is 10.5 Å². The Hall–Kier alpha value is -1.94. The van der Waals surface area contributed by atoms with Crippen LogP contribution in [0.25, 0.3) is 11.1 Å². The van der Waals surface area contributed by atoms with E-state index >= 15 is 0 Å². The zero-order valence-corrected chi connectivity index (χ0v) is 11.7. The van der Waals surface area contributed by atoms with Crippen LogP contribution in [0.4, 0.5) is 5.82 Å². The van der Waals surface area contributed by atoms with Gasteiger partial charge in [0.15, 0.2) is 0 Å². The second kappa shape index (κ2) is 5.36. The van der Waals surface area contributed by atoms with Crippen molar-refractivity contribution in [1.82, 2.24) is 9.78 Å². The molecule has 4 nitrogen and oxygen atoms in total. The quantitative estimate of drug-likeness (QED) is 0.873. The van der Waals surface area contributed by atoms with Gasteiger partial charge in [-0.1, -0.05) is 24.2 Å². The second-order valence-corrected chi connectivity index (χ2v) is 4.87. The molecular weight excluding hydrogens is 262 g/mol. The molecule has 2 N–H and O–H groups in total. The third-order valence-corrected chi connectivity index (χ3v) is 3.00. The Morgan fingerprint density at radius 3 is 2.79 bits per heavy atom. The summed E-state index contributed by atoms with van der Waals surface area (Å²) < 4.78 is 7.16. The number of nitrogen functional groups attached to an aromatic ring is 1. The van der Waals surface area contributed by atoms with Gasteiger partial charge in [-0.15, -0.1) is 0 Å². The minimum atomic E-state index is 0.452. The molecule has 0 aliphatic carbocycles. The van der Waals surface area contributed by atoms with Gasteiger partial charge >= 0.3 is 0 Å². The predicted octanol–water partition coefficient (Wildman–Crippen LogP) is 3.28. The molecule has 0 saturated heterocycles. The molecule has 2 rings (SSSR count). The summed E-state index contributed by atoms with van der Waals surface area (Å²) in [6, 6.07) is 5.56. The van der Waals surface area contributed by atoms with Gasteiger partial charge in [0.1, 0.15) is 18.2 Å². The lowest BCUT2D eigenvalue weighted by atomic mass is 10.1. The van der Waals surface area contributed by atoms with Crippen LogP contribution in [-0.2, 0) is 7.05 Å². The number of ether oxygens (including phenoxy) is 1. The fourth-order valence-corrected chi connectivity index (χ4v) is 1.89. The Bertz CT molecular complexity index is 619. The summed E-state index contributed by atoms with van der Waals surface area (Å²) in [5.41, 5.74) is 8.65. The molecule has 1 heterocycles. The molecule has 0 aliphatic rings. The normalized spacial score (nSPS) is 10.5. The van der Waals surface area contributed by atoms with Crippen LogP contribution in [0, 0.1) is 0 Å². The van der Waals surface area contributed by atoms with Crippen LogP contribution in [0.2, 0.25) is 5.02 Å². The van der Waals surface area contributed by atoms with Crippen molar-refractivity contribution < 1.29 is 4.74 Å². The molecule has 100 valence electrons. The van der Waals surface area contributed by atoms with E-state index in [1.807, 2.05) is 25.1 Å². The van der Waals surface area contributed by atoms with Gasteiger partial charge in [0.25, 0.3) is 0 Å². The first-order chi connectivity index (χ1) is 8.99. The molecule has 0 fully saturated rings. The van der Waals surface area contributed by atoms with Crippen molar-refractivity contribution in [3.8, 4) is 16.9 Å². The molecule has 2 aromatic rings. The molecule has 0 saturated carbocycles. The molecule has 0 bridgehead atoms. The summed E-state index contributed by atoms with van der Waals surface area (Å²) in [5.74, 6) is 1.24. The van der Waals surface area contributed by atoms with Crippen molar-refractivity contribution in [3.05, 3.63) is 41.6 Å². The van der Waals surface area contributed by atoms with Gasteiger partial charge in [-0.2, -0.15) is 5.10 Å². The van der Waals surface area contributed by atoms with Gasteiger partial charge in [-0.05, 0) is 30.2 Å². The van der Waals surface area contributed by atoms with E-state index < -0.39 is 0 Å². The van der Waals surface area contributed by atoms with Gasteiger partial charge in [0, 0.05) is 12.6 Å². The van der Waals surface area contributed by atoms with Gasteiger partial charge in [-0.3, -0.25) is 4.68 Å². The molecule has 5 heteroatoms. The third kappa shape index (κ3) is 2.90. The fourth-order valence-electron chi connectivity index (χ4n) is 1.66. The van der Waals surface area contributed by atoms with Crippen LogP contribution in [-0.4, -0.2) is 16.4 Å². The molecule has 0 radical (unpaired) electrons. The molecule has 1 aromatic heterocycles. The number of hydrogen-bond acceptors (Lipinski definition) is 3. The number of benzene rings is 1. The van der Waals surface area contributed by atoms with Gasteiger partial charge < -0.3 is 10.5 Å². The Labute approximate surface area is 117 Å². The lowest BCUT2D eigenvalue weighted by Crippen LogP contribution is -1.99. The minimum Gasteiger partial charge on any atom is -0.488 e. The SMILES string of the molecule is C=C(C)COc1ccc(-c2cnn(C)c2N)cc1Cl. The number of rotatable bonds is 4.